The molecule has 0 saturated heterocycles. The lowest BCUT2D eigenvalue weighted by atomic mass is 10.1. The molecule has 0 aliphatic rings. The number of rotatable bonds is 7. The molecule has 0 aliphatic carbocycles. The van der Waals surface area contributed by atoms with Gasteiger partial charge in [0.25, 0.3) is 5.91 Å². The van der Waals surface area contributed by atoms with E-state index in [0.717, 1.165) is 10.4 Å². The van der Waals surface area contributed by atoms with E-state index in [1.807, 2.05) is 0 Å². The molecule has 4 aromatic rings. The van der Waals surface area contributed by atoms with E-state index in [9.17, 15) is 14.0 Å². The fourth-order valence-corrected chi connectivity index (χ4v) is 3.64. The molecule has 1 atom stereocenters. The molecule has 11 heteroatoms. The number of carbonyl (C=O) groups excluding carboxylic acids is 1. The number of amides is 1. The van der Waals surface area contributed by atoms with Crippen LogP contribution in [-0.2, 0) is 4.79 Å². The molecule has 1 amide bonds. The van der Waals surface area contributed by atoms with Gasteiger partial charge in [-0.15, -0.1) is 0 Å². The maximum absolute atomic E-state index is 13.3. The van der Waals surface area contributed by atoms with Gasteiger partial charge in [-0.25, -0.2) is 14.2 Å². The predicted molar refractivity (Wildman–Crippen MR) is 111 cm³/mol. The summed E-state index contributed by atoms with van der Waals surface area (Å²) in [7, 11) is 0. The lowest BCUT2D eigenvalue weighted by Crippen LogP contribution is -2.43. The van der Waals surface area contributed by atoms with Gasteiger partial charge in [0.1, 0.15) is 11.5 Å². The average Bonchev–Trinajstić information content (AvgIpc) is 3.39. The van der Waals surface area contributed by atoms with Crippen molar-refractivity contribution in [1.82, 2.24) is 15.5 Å². The highest BCUT2D eigenvalue weighted by molar-refractivity contribution is 7.22. The van der Waals surface area contributed by atoms with Gasteiger partial charge in [-0.3, -0.25) is 4.79 Å². The van der Waals surface area contributed by atoms with Crippen molar-refractivity contribution in [2.45, 2.75) is 6.04 Å². The van der Waals surface area contributed by atoms with Gasteiger partial charge in [-0.05, 0) is 30.3 Å². The first kappa shape index (κ1) is 20.4. The van der Waals surface area contributed by atoms with Crippen molar-refractivity contribution in [3.05, 3.63) is 60.1 Å². The summed E-state index contributed by atoms with van der Waals surface area (Å²) in [5, 5.41) is 27.6. The van der Waals surface area contributed by atoms with E-state index in [1.54, 1.807) is 30.3 Å². The minimum absolute atomic E-state index is 0.182. The molecule has 0 spiro atoms. The van der Waals surface area contributed by atoms with Crippen molar-refractivity contribution in [2.75, 3.05) is 11.9 Å². The van der Waals surface area contributed by atoms with Gasteiger partial charge in [-0.1, -0.05) is 28.6 Å². The van der Waals surface area contributed by atoms with Crippen molar-refractivity contribution in [3.8, 4) is 11.3 Å². The second-order valence-corrected chi connectivity index (χ2v) is 7.49. The van der Waals surface area contributed by atoms with Crippen molar-refractivity contribution < 1.29 is 28.7 Å². The lowest BCUT2D eigenvalue weighted by molar-refractivity contribution is -0.140. The SMILES string of the molecule is O=C(NC(CO)C(=O)O)c1cc(-c2ccc(Nc3nc4ccc(F)cc4s3)cc2)no1. The number of carbonyl (C=O) groups is 2. The minimum Gasteiger partial charge on any atom is -0.480 e. The summed E-state index contributed by atoms with van der Waals surface area (Å²) in [6.45, 7) is -0.750. The summed E-state index contributed by atoms with van der Waals surface area (Å²) >= 11 is 1.33. The highest BCUT2D eigenvalue weighted by Crippen LogP contribution is 2.29. The molecule has 2 aromatic carbocycles. The van der Waals surface area contributed by atoms with Gasteiger partial charge in [0, 0.05) is 17.3 Å². The van der Waals surface area contributed by atoms with Crippen LogP contribution in [0.3, 0.4) is 0 Å². The number of benzene rings is 2. The number of aromatic nitrogens is 2. The van der Waals surface area contributed by atoms with Crippen LogP contribution in [0, 0.1) is 5.82 Å². The van der Waals surface area contributed by atoms with E-state index in [-0.39, 0.29) is 11.6 Å². The van der Waals surface area contributed by atoms with E-state index in [4.69, 9.17) is 14.7 Å². The number of nitrogens with zero attached hydrogens (tertiary/aromatic N) is 2. The molecule has 2 heterocycles. The fraction of sp³-hybridized carbons (Fsp3) is 0.100. The smallest absolute Gasteiger partial charge is 0.328 e. The van der Waals surface area contributed by atoms with Gasteiger partial charge in [0.15, 0.2) is 11.2 Å². The van der Waals surface area contributed by atoms with Crippen molar-refractivity contribution in [3.63, 3.8) is 0 Å². The van der Waals surface area contributed by atoms with E-state index >= 15 is 0 Å². The molecular formula is C20H15FN4O5S. The number of hydrogen-bond acceptors (Lipinski definition) is 8. The summed E-state index contributed by atoms with van der Waals surface area (Å²) in [5.41, 5.74) is 2.49. The van der Waals surface area contributed by atoms with Crippen LogP contribution in [0.4, 0.5) is 15.2 Å². The number of halogens is 1. The minimum atomic E-state index is -1.44. The number of aliphatic hydroxyl groups is 1. The maximum atomic E-state index is 13.3. The summed E-state index contributed by atoms with van der Waals surface area (Å²) in [5.74, 6) is -2.66. The van der Waals surface area contributed by atoms with Crippen LogP contribution in [0.5, 0.6) is 0 Å². The van der Waals surface area contributed by atoms with Gasteiger partial charge in [-0.2, -0.15) is 0 Å². The van der Waals surface area contributed by atoms with Crippen molar-refractivity contribution >= 4 is 44.2 Å². The zero-order chi connectivity index (χ0) is 22.0. The number of anilines is 2. The van der Waals surface area contributed by atoms with Gasteiger partial charge < -0.3 is 25.4 Å². The van der Waals surface area contributed by atoms with Crippen LogP contribution in [0.25, 0.3) is 21.5 Å². The molecule has 1 unspecified atom stereocenters. The Morgan fingerprint density at radius 3 is 2.65 bits per heavy atom. The Morgan fingerprint density at radius 2 is 1.94 bits per heavy atom. The van der Waals surface area contributed by atoms with Crippen LogP contribution >= 0.6 is 11.3 Å². The Labute approximate surface area is 178 Å². The van der Waals surface area contributed by atoms with E-state index in [0.29, 0.717) is 21.9 Å². The molecular weight excluding hydrogens is 427 g/mol. The number of aliphatic hydroxyl groups excluding tert-OH is 1. The molecule has 158 valence electrons. The van der Waals surface area contributed by atoms with Crippen molar-refractivity contribution in [1.29, 1.82) is 0 Å². The third kappa shape index (κ3) is 4.52. The Kier molecular flexibility index (Phi) is 5.60. The molecule has 4 rings (SSSR count). The fourth-order valence-electron chi connectivity index (χ4n) is 2.73. The molecule has 2 aromatic heterocycles. The first-order valence-corrected chi connectivity index (χ1v) is 9.79. The predicted octanol–water partition coefficient (Wildman–Crippen LogP) is 3.01. The summed E-state index contributed by atoms with van der Waals surface area (Å²) < 4.78 is 19.0. The number of carboxylic acid groups (broad SMARTS) is 1. The first-order valence-electron chi connectivity index (χ1n) is 8.98. The van der Waals surface area contributed by atoms with Crippen molar-refractivity contribution in [2.24, 2.45) is 0 Å². The Bertz CT molecular complexity index is 1250. The molecule has 31 heavy (non-hydrogen) atoms. The third-order valence-electron chi connectivity index (χ3n) is 4.30. The number of fused-ring (bicyclic) bond motifs is 1. The number of thiazole rings is 1. The van der Waals surface area contributed by atoms with Crippen LogP contribution in [-0.4, -0.2) is 44.9 Å². The van der Waals surface area contributed by atoms with Gasteiger partial charge in [0.05, 0.1) is 16.8 Å². The molecule has 9 nitrogen and oxygen atoms in total. The topological polar surface area (TPSA) is 138 Å². The van der Waals surface area contributed by atoms with Gasteiger partial charge in [0.2, 0.25) is 5.76 Å². The Morgan fingerprint density at radius 1 is 1.16 bits per heavy atom. The monoisotopic (exact) mass is 442 g/mol. The number of carboxylic acids is 1. The van der Waals surface area contributed by atoms with Crippen LogP contribution in [0.15, 0.2) is 53.1 Å². The lowest BCUT2D eigenvalue weighted by Gasteiger charge is -2.09. The maximum Gasteiger partial charge on any atom is 0.328 e. The molecule has 0 aliphatic heterocycles. The van der Waals surface area contributed by atoms with Crippen LogP contribution in [0.1, 0.15) is 10.6 Å². The van der Waals surface area contributed by atoms with E-state index in [2.05, 4.69) is 20.8 Å². The summed E-state index contributed by atoms with van der Waals surface area (Å²) in [6.07, 6.45) is 0. The average molecular weight is 442 g/mol. The summed E-state index contributed by atoms with van der Waals surface area (Å²) in [6, 6.07) is 11.4. The number of hydrogen-bond donors (Lipinski definition) is 4. The van der Waals surface area contributed by atoms with Crippen LogP contribution < -0.4 is 10.6 Å². The van der Waals surface area contributed by atoms with Gasteiger partial charge >= 0.3 is 5.97 Å². The number of aliphatic carboxylic acids is 1. The Hall–Kier alpha value is -3.83. The molecule has 0 radical (unpaired) electrons. The molecule has 0 fully saturated rings. The summed E-state index contributed by atoms with van der Waals surface area (Å²) in [4.78, 5) is 27.4. The zero-order valence-electron chi connectivity index (χ0n) is 15.7. The second kappa shape index (κ2) is 8.50. The standard InChI is InChI=1S/C20H15FN4O5S/c21-11-3-6-13-17(7-11)31-20(24-13)22-12-4-1-10(2-5-12)14-8-16(30-25-14)18(27)23-15(9-26)19(28)29/h1-8,15,26H,9H2,(H,22,24)(H,23,27)(H,28,29). The van der Waals surface area contributed by atoms with Crippen LogP contribution in [0.2, 0.25) is 0 Å². The molecule has 0 saturated carbocycles. The van der Waals surface area contributed by atoms with E-state index in [1.165, 1.54) is 29.5 Å². The first-order chi connectivity index (χ1) is 14.9. The highest BCUT2D eigenvalue weighted by atomic mass is 32.1. The highest BCUT2D eigenvalue weighted by Gasteiger charge is 2.22. The zero-order valence-corrected chi connectivity index (χ0v) is 16.5. The molecule has 0 bridgehead atoms. The quantitative estimate of drug-likeness (QED) is 0.343. The number of nitrogens with one attached hydrogen (secondary N) is 2. The third-order valence-corrected chi connectivity index (χ3v) is 5.24. The second-order valence-electron chi connectivity index (χ2n) is 6.46. The normalized spacial score (nSPS) is 11.9. The van der Waals surface area contributed by atoms with E-state index < -0.39 is 24.5 Å². The Balaban J connectivity index is 1.45. The molecule has 4 N–H and O–H groups in total. The largest absolute Gasteiger partial charge is 0.480 e.